The first-order valence-electron chi connectivity index (χ1n) is 9.55. The Bertz CT molecular complexity index is 1220. The highest BCUT2D eigenvalue weighted by Crippen LogP contribution is 2.21. The van der Waals surface area contributed by atoms with Gasteiger partial charge >= 0.3 is 0 Å². The van der Waals surface area contributed by atoms with E-state index < -0.39 is 17.5 Å². The van der Waals surface area contributed by atoms with E-state index in [2.05, 4.69) is 4.98 Å². The maximum absolute atomic E-state index is 13.7. The zero-order valence-electron chi connectivity index (χ0n) is 16.7. The lowest BCUT2D eigenvalue weighted by molar-refractivity contribution is 0.0714. The normalized spacial score (nSPS) is 11.1. The number of hydrogen-bond donors (Lipinski definition) is 0. The summed E-state index contributed by atoms with van der Waals surface area (Å²) in [5.74, 6) is -2.12. The molecule has 0 aliphatic carbocycles. The Labute approximate surface area is 172 Å². The topological polar surface area (TPSA) is 46.3 Å². The Morgan fingerprint density at radius 1 is 0.900 bits per heavy atom. The van der Waals surface area contributed by atoms with Crippen LogP contribution in [0.4, 0.5) is 8.78 Å². The number of nitrogens with zero attached hydrogens (tertiary/aromatic N) is 2. The highest BCUT2D eigenvalue weighted by molar-refractivity contribution is 5.94. The summed E-state index contributed by atoms with van der Waals surface area (Å²) < 4.78 is 32.8. The molecular weight excluding hydrogens is 386 g/mol. The Hall–Kier alpha value is -3.54. The number of halogens is 2. The number of rotatable bonds is 5. The van der Waals surface area contributed by atoms with Crippen LogP contribution in [-0.4, -0.2) is 15.8 Å². The summed E-state index contributed by atoms with van der Waals surface area (Å²) in [5.41, 5.74) is 4.46. The summed E-state index contributed by atoms with van der Waals surface area (Å²) in [4.78, 5) is 19.1. The monoisotopic (exact) mass is 406 g/mol. The van der Waals surface area contributed by atoms with E-state index in [9.17, 15) is 13.6 Å². The van der Waals surface area contributed by atoms with Crippen LogP contribution >= 0.6 is 0 Å². The SMILES string of the molecule is Cc1ccc(CN(Cc2nc3cc(C)ccc3o2)C(=O)c2ccc(F)c(F)c2)cc1. The molecule has 0 saturated carbocycles. The lowest BCUT2D eigenvalue weighted by Crippen LogP contribution is -2.30. The van der Waals surface area contributed by atoms with Crippen molar-refractivity contribution in [3.63, 3.8) is 0 Å². The van der Waals surface area contributed by atoms with Gasteiger partial charge in [0.05, 0.1) is 6.54 Å². The number of benzene rings is 3. The molecule has 0 aliphatic rings. The van der Waals surface area contributed by atoms with E-state index >= 15 is 0 Å². The molecule has 152 valence electrons. The Morgan fingerprint density at radius 3 is 2.37 bits per heavy atom. The molecule has 4 rings (SSSR count). The van der Waals surface area contributed by atoms with Gasteiger partial charge in [0.1, 0.15) is 5.52 Å². The molecule has 30 heavy (non-hydrogen) atoms. The van der Waals surface area contributed by atoms with Crippen LogP contribution in [0.2, 0.25) is 0 Å². The second-order valence-corrected chi connectivity index (χ2v) is 7.35. The molecule has 6 heteroatoms. The number of carbonyl (C=O) groups is 1. The van der Waals surface area contributed by atoms with E-state index in [0.717, 1.165) is 28.8 Å². The van der Waals surface area contributed by atoms with Crippen LogP contribution in [0.15, 0.2) is 65.1 Å². The number of amides is 1. The molecule has 0 atom stereocenters. The van der Waals surface area contributed by atoms with E-state index in [1.165, 1.54) is 11.0 Å². The van der Waals surface area contributed by atoms with Gasteiger partial charge in [-0.05, 0) is 55.3 Å². The van der Waals surface area contributed by atoms with E-state index in [0.29, 0.717) is 17.0 Å². The number of fused-ring (bicyclic) bond motifs is 1. The predicted octanol–water partition coefficient (Wildman–Crippen LogP) is 5.57. The van der Waals surface area contributed by atoms with E-state index in [-0.39, 0.29) is 18.7 Å². The highest BCUT2D eigenvalue weighted by Gasteiger charge is 2.21. The molecule has 1 amide bonds. The molecule has 0 radical (unpaired) electrons. The van der Waals surface area contributed by atoms with Gasteiger partial charge in [0, 0.05) is 12.1 Å². The lowest BCUT2D eigenvalue weighted by Gasteiger charge is -2.21. The van der Waals surface area contributed by atoms with Crippen molar-refractivity contribution < 1.29 is 18.0 Å². The molecule has 1 aromatic heterocycles. The number of hydrogen-bond acceptors (Lipinski definition) is 3. The van der Waals surface area contributed by atoms with Crippen molar-refractivity contribution in [3.05, 3.63) is 100 Å². The first kappa shape index (κ1) is 19.8. The molecule has 1 heterocycles. The van der Waals surface area contributed by atoms with Crippen LogP contribution in [0.5, 0.6) is 0 Å². The lowest BCUT2D eigenvalue weighted by atomic mass is 10.1. The zero-order chi connectivity index (χ0) is 21.3. The number of oxazole rings is 1. The quantitative estimate of drug-likeness (QED) is 0.436. The van der Waals surface area contributed by atoms with Crippen LogP contribution in [0.25, 0.3) is 11.1 Å². The first-order chi connectivity index (χ1) is 14.4. The number of aryl methyl sites for hydroxylation is 2. The van der Waals surface area contributed by atoms with Gasteiger partial charge in [-0.15, -0.1) is 0 Å². The van der Waals surface area contributed by atoms with Gasteiger partial charge in [-0.25, -0.2) is 13.8 Å². The minimum Gasteiger partial charge on any atom is -0.439 e. The second kappa shape index (κ2) is 8.06. The van der Waals surface area contributed by atoms with Crippen LogP contribution in [0, 0.1) is 25.5 Å². The van der Waals surface area contributed by atoms with Crippen LogP contribution in [0.3, 0.4) is 0 Å². The van der Waals surface area contributed by atoms with Gasteiger partial charge < -0.3 is 9.32 Å². The van der Waals surface area contributed by atoms with Gasteiger partial charge in [-0.1, -0.05) is 35.9 Å². The van der Waals surface area contributed by atoms with Crippen molar-refractivity contribution in [1.29, 1.82) is 0 Å². The molecule has 4 aromatic rings. The summed E-state index contributed by atoms with van der Waals surface area (Å²) >= 11 is 0. The Morgan fingerprint density at radius 2 is 1.63 bits per heavy atom. The van der Waals surface area contributed by atoms with Crippen molar-refractivity contribution in [2.45, 2.75) is 26.9 Å². The first-order valence-corrected chi connectivity index (χ1v) is 9.55. The van der Waals surface area contributed by atoms with Gasteiger partial charge in [0.2, 0.25) is 5.89 Å². The smallest absolute Gasteiger partial charge is 0.254 e. The van der Waals surface area contributed by atoms with Gasteiger partial charge in [-0.2, -0.15) is 0 Å². The largest absolute Gasteiger partial charge is 0.439 e. The molecular formula is C24H20F2N2O2. The van der Waals surface area contributed by atoms with E-state index in [1.807, 2.05) is 56.3 Å². The molecule has 3 aromatic carbocycles. The highest BCUT2D eigenvalue weighted by atomic mass is 19.2. The van der Waals surface area contributed by atoms with Crippen molar-refractivity contribution >= 4 is 17.0 Å². The second-order valence-electron chi connectivity index (χ2n) is 7.35. The van der Waals surface area contributed by atoms with Crippen molar-refractivity contribution in [2.75, 3.05) is 0 Å². The molecule has 0 saturated heterocycles. The van der Waals surface area contributed by atoms with Crippen molar-refractivity contribution in [3.8, 4) is 0 Å². The molecule has 4 nitrogen and oxygen atoms in total. The van der Waals surface area contributed by atoms with E-state index in [4.69, 9.17) is 4.42 Å². The Balaban J connectivity index is 1.66. The van der Waals surface area contributed by atoms with Crippen LogP contribution < -0.4 is 0 Å². The maximum atomic E-state index is 13.7. The Kier molecular flexibility index (Phi) is 5.31. The molecule has 0 aliphatic heterocycles. The summed E-state index contributed by atoms with van der Waals surface area (Å²) in [6, 6.07) is 16.6. The van der Waals surface area contributed by atoms with Gasteiger partial charge in [-0.3, -0.25) is 4.79 Å². The van der Waals surface area contributed by atoms with Crippen LogP contribution in [-0.2, 0) is 13.1 Å². The number of carbonyl (C=O) groups excluding carboxylic acids is 1. The fraction of sp³-hybridized carbons (Fsp3) is 0.167. The molecule has 0 fully saturated rings. The predicted molar refractivity (Wildman–Crippen MR) is 110 cm³/mol. The van der Waals surface area contributed by atoms with Crippen molar-refractivity contribution in [1.82, 2.24) is 9.88 Å². The van der Waals surface area contributed by atoms with Crippen molar-refractivity contribution in [2.24, 2.45) is 0 Å². The molecule has 0 N–H and O–H groups in total. The van der Waals surface area contributed by atoms with Crippen LogP contribution in [0.1, 0.15) is 32.9 Å². The fourth-order valence-corrected chi connectivity index (χ4v) is 3.24. The number of aromatic nitrogens is 1. The maximum Gasteiger partial charge on any atom is 0.254 e. The average Bonchev–Trinajstić information content (AvgIpc) is 3.12. The minimum atomic E-state index is -1.06. The summed E-state index contributed by atoms with van der Waals surface area (Å²) in [5, 5.41) is 0. The van der Waals surface area contributed by atoms with E-state index in [1.54, 1.807) is 0 Å². The van der Waals surface area contributed by atoms with Gasteiger partial charge in [0.15, 0.2) is 17.2 Å². The fourth-order valence-electron chi connectivity index (χ4n) is 3.24. The standard InChI is InChI=1S/C24H20F2N2O2/c1-15-3-6-17(7-4-15)13-28(24(29)18-8-9-19(25)20(26)12-18)14-23-27-21-11-16(2)5-10-22(21)30-23/h3-12H,13-14H2,1-2H3. The molecule has 0 bridgehead atoms. The van der Waals surface area contributed by atoms with Gasteiger partial charge in [0.25, 0.3) is 5.91 Å². The summed E-state index contributed by atoms with van der Waals surface area (Å²) in [7, 11) is 0. The minimum absolute atomic E-state index is 0.0629. The zero-order valence-corrected chi connectivity index (χ0v) is 16.7. The molecule has 0 spiro atoms. The third-order valence-corrected chi connectivity index (χ3v) is 4.86. The summed E-state index contributed by atoms with van der Waals surface area (Å²) in [6.07, 6.45) is 0. The molecule has 0 unspecified atom stereocenters. The average molecular weight is 406 g/mol. The third kappa shape index (κ3) is 4.22. The third-order valence-electron chi connectivity index (χ3n) is 4.86. The summed E-state index contributed by atoms with van der Waals surface area (Å²) in [6.45, 7) is 4.31.